The van der Waals surface area contributed by atoms with Gasteiger partial charge in [0, 0.05) is 24.8 Å². The summed E-state index contributed by atoms with van der Waals surface area (Å²) < 4.78 is 28.4. The zero-order chi connectivity index (χ0) is 14.8. The Morgan fingerprint density at radius 1 is 1.40 bits per heavy atom. The standard InChI is InChI=1S/C12H15ClN4O2S/c1-17-10(4-5-15-17)8-16-20(18,19)11-3-2-9(7-14)12(13)6-11/h2-6,16H,7-8,14H2,1H3. The van der Waals surface area contributed by atoms with Crippen LogP contribution in [0.25, 0.3) is 0 Å². The Kier molecular flexibility index (Phi) is 4.44. The number of nitrogens with two attached hydrogens (primary N) is 1. The molecule has 1 heterocycles. The summed E-state index contributed by atoms with van der Waals surface area (Å²) in [6.45, 7) is 0.427. The molecule has 0 amide bonds. The molecule has 1 aromatic carbocycles. The Hall–Kier alpha value is -1.41. The topological polar surface area (TPSA) is 90.0 Å². The molecule has 2 rings (SSSR count). The fraction of sp³-hybridized carbons (Fsp3) is 0.250. The van der Waals surface area contributed by atoms with Crippen molar-refractivity contribution in [3.63, 3.8) is 0 Å². The summed E-state index contributed by atoms with van der Waals surface area (Å²) in [5, 5.41) is 4.32. The highest BCUT2D eigenvalue weighted by Gasteiger charge is 2.15. The molecule has 3 N–H and O–H groups in total. The average Bonchev–Trinajstić information content (AvgIpc) is 2.82. The number of sulfonamides is 1. The highest BCUT2D eigenvalue weighted by molar-refractivity contribution is 7.89. The molecule has 0 bridgehead atoms. The Balaban J connectivity index is 2.18. The number of nitrogens with zero attached hydrogens (tertiary/aromatic N) is 2. The van der Waals surface area contributed by atoms with Crippen LogP contribution in [-0.2, 0) is 30.2 Å². The van der Waals surface area contributed by atoms with Crippen LogP contribution in [0.15, 0.2) is 35.4 Å². The van der Waals surface area contributed by atoms with Crippen LogP contribution in [0.4, 0.5) is 0 Å². The molecule has 0 unspecified atom stereocenters. The van der Waals surface area contributed by atoms with E-state index >= 15 is 0 Å². The van der Waals surface area contributed by atoms with Gasteiger partial charge < -0.3 is 5.73 Å². The first-order valence-electron chi connectivity index (χ1n) is 5.89. The molecule has 0 aliphatic heterocycles. The van der Waals surface area contributed by atoms with Crippen molar-refractivity contribution in [1.82, 2.24) is 14.5 Å². The zero-order valence-corrected chi connectivity index (χ0v) is 12.4. The van der Waals surface area contributed by atoms with Gasteiger partial charge in [-0.2, -0.15) is 5.10 Å². The van der Waals surface area contributed by atoms with Crippen LogP contribution in [0.3, 0.4) is 0 Å². The molecule has 8 heteroatoms. The van der Waals surface area contributed by atoms with Crippen LogP contribution >= 0.6 is 11.6 Å². The van der Waals surface area contributed by atoms with Crippen molar-refractivity contribution in [2.45, 2.75) is 18.0 Å². The summed E-state index contributed by atoms with van der Waals surface area (Å²) in [5.41, 5.74) is 6.96. The van der Waals surface area contributed by atoms with Crippen LogP contribution in [0.5, 0.6) is 0 Å². The lowest BCUT2D eigenvalue weighted by Crippen LogP contribution is -2.24. The molecule has 0 atom stereocenters. The minimum absolute atomic E-state index is 0.113. The number of hydrogen-bond acceptors (Lipinski definition) is 4. The second kappa shape index (κ2) is 5.92. The highest BCUT2D eigenvalue weighted by Crippen LogP contribution is 2.20. The molecule has 20 heavy (non-hydrogen) atoms. The molecule has 0 aliphatic rings. The van der Waals surface area contributed by atoms with Gasteiger partial charge in [0.1, 0.15) is 0 Å². The van der Waals surface area contributed by atoms with E-state index in [2.05, 4.69) is 9.82 Å². The van der Waals surface area contributed by atoms with Crippen molar-refractivity contribution in [3.8, 4) is 0 Å². The van der Waals surface area contributed by atoms with Crippen molar-refractivity contribution in [1.29, 1.82) is 0 Å². The molecule has 0 spiro atoms. The van der Waals surface area contributed by atoms with Crippen LogP contribution in [0, 0.1) is 0 Å². The molecule has 0 aliphatic carbocycles. The first-order chi connectivity index (χ1) is 9.44. The Bertz CT molecular complexity index is 712. The largest absolute Gasteiger partial charge is 0.326 e. The monoisotopic (exact) mass is 314 g/mol. The van der Waals surface area contributed by atoms with Gasteiger partial charge >= 0.3 is 0 Å². The Morgan fingerprint density at radius 2 is 2.15 bits per heavy atom. The zero-order valence-electron chi connectivity index (χ0n) is 10.9. The molecule has 6 nitrogen and oxygen atoms in total. The van der Waals surface area contributed by atoms with Crippen LogP contribution in [0.1, 0.15) is 11.3 Å². The van der Waals surface area contributed by atoms with Crippen molar-refractivity contribution < 1.29 is 8.42 Å². The molecule has 0 fully saturated rings. The van der Waals surface area contributed by atoms with Gasteiger partial charge in [-0.3, -0.25) is 4.68 Å². The minimum atomic E-state index is -3.62. The maximum absolute atomic E-state index is 12.2. The van der Waals surface area contributed by atoms with Crippen LogP contribution in [0.2, 0.25) is 5.02 Å². The lowest BCUT2D eigenvalue weighted by Gasteiger charge is -2.09. The summed E-state index contributed by atoms with van der Waals surface area (Å²) in [7, 11) is -1.87. The van der Waals surface area contributed by atoms with Crippen LogP contribution in [-0.4, -0.2) is 18.2 Å². The van der Waals surface area contributed by atoms with E-state index in [4.69, 9.17) is 17.3 Å². The number of benzene rings is 1. The first-order valence-corrected chi connectivity index (χ1v) is 7.75. The third kappa shape index (κ3) is 3.18. The third-order valence-electron chi connectivity index (χ3n) is 2.92. The van der Waals surface area contributed by atoms with E-state index in [1.165, 1.54) is 12.1 Å². The van der Waals surface area contributed by atoms with Crippen molar-refractivity contribution in [3.05, 3.63) is 46.7 Å². The maximum Gasteiger partial charge on any atom is 0.240 e. The normalized spacial score (nSPS) is 11.8. The number of aryl methyl sites for hydroxylation is 1. The molecule has 2 aromatic rings. The summed E-state index contributed by atoms with van der Waals surface area (Å²) in [4.78, 5) is 0.113. The van der Waals surface area contributed by atoms with Gasteiger partial charge in [-0.1, -0.05) is 17.7 Å². The second-order valence-electron chi connectivity index (χ2n) is 4.23. The van der Waals surface area contributed by atoms with Gasteiger partial charge in [-0.15, -0.1) is 0 Å². The van der Waals surface area contributed by atoms with Gasteiger partial charge in [0.15, 0.2) is 0 Å². The predicted molar refractivity (Wildman–Crippen MR) is 76.6 cm³/mol. The number of halogens is 1. The summed E-state index contributed by atoms with van der Waals surface area (Å²) in [6.07, 6.45) is 1.61. The predicted octanol–water partition coefficient (Wildman–Crippen LogP) is 1.01. The molecule has 1 aromatic heterocycles. The third-order valence-corrected chi connectivity index (χ3v) is 4.67. The van der Waals surface area contributed by atoms with E-state index in [0.717, 1.165) is 5.69 Å². The molecular weight excluding hydrogens is 300 g/mol. The van der Waals surface area contributed by atoms with Gasteiger partial charge in [0.05, 0.1) is 17.1 Å². The SMILES string of the molecule is Cn1nccc1CNS(=O)(=O)c1ccc(CN)c(Cl)c1. The lowest BCUT2D eigenvalue weighted by molar-refractivity contribution is 0.577. The van der Waals surface area contributed by atoms with E-state index in [0.29, 0.717) is 10.6 Å². The van der Waals surface area contributed by atoms with E-state index < -0.39 is 10.0 Å². The van der Waals surface area contributed by atoms with Crippen molar-refractivity contribution >= 4 is 21.6 Å². The highest BCUT2D eigenvalue weighted by atomic mass is 35.5. The second-order valence-corrected chi connectivity index (χ2v) is 6.40. The molecule has 0 radical (unpaired) electrons. The van der Waals surface area contributed by atoms with Crippen molar-refractivity contribution in [2.75, 3.05) is 0 Å². The van der Waals surface area contributed by atoms with E-state index in [-0.39, 0.29) is 18.0 Å². The van der Waals surface area contributed by atoms with E-state index in [1.54, 1.807) is 30.1 Å². The summed E-state index contributed by atoms with van der Waals surface area (Å²) in [6, 6.07) is 6.24. The quantitative estimate of drug-likeness (QED) is 0.862. The van der Waals surface area contributed by atoms with E-state index in [9.17, 15) is 8.42 Å². The number of rotatable bonds is 5. The smallest absolute Gasteiger partial charge is 0.240 e. The fourth-order valence-electron chi connectivity index (χ4n) is 1.69. The minimum Gasteiger partial charge on any atom is -0.326 e. The van der Waals surface area contributed by atoms with Gasteiger partial charge in [-0.25, -0.2) is 13.1 Å². The average molecular weight is 315 g/mol. The number of aromatic nitrogens is 2. The van der Waals surface area contributed by atoms with Crippen LogP contribution < -0.4 is 10.5 Å². The first kappa shape index (κ1) is 15.0. The Morgan fingerprint density at radius 3 is 2.70 bits per heavy atom. The van der Waals surface area contributed by atoms with Gasteiger partial charge in [-0.05, 0) is 23.8 Å². The maximum atomic E-state index is 12.2. The molecule has 0 saturated carbocycles. The van der Waals surface area contributed by atoms with Gasteiger partial charge in [0.25, 0.3) is 0 Å². The molecular formula is C12H15ClN4O2S. The summed E-state index contributed by atoms with van der Waals surface area (Å²) in [5.74, 6) is 0. The van der Waals surface area contributed by atoms with Crippen molar-refractivity contribution in [2.24, 2.45) is 12.8 Å². The molecule has 108 valence electrons. The molecule has 0 saturated heterocycles. The summed E-state index contributed by atoms with van der Waals surface area (Å²) >= 11 is 5.97. The Labute approximate surface area is 122 Å². The number of nitrogens with one attached hydrogen (secondary N) is 1. The lowest BCUT2D eigenvalue weighted by atomic mass is 10.2. The fourth-order valence-corrected chi connectivity index (χ4v) is 3.03. The van der Waals surface area contributed by atoms with E-state index in [1.807, 2.05) is 0 Å². The van der Waals surface area contributed by atoms with Gasteiger partial charge in [0.2, 0.25) is 10.0 Å². The number of hydrogen-bond donors (Lipinski definition) is 2.